The van der Waals surface area contributed by atoms with E-state index in [9.17, 15) is 5.11 Å². The molecule has 2 N–H and O–H groups in total. The molecular formula is C17H25BrN2O. The van der Waals surface area contributed by atoms with Crippen molar-refractivity contribution in [1.82, 2.24) is 10.2 Å². The smallest absolute Gasteiger partial charge is 0.120 e. The molecule has 0 bridgehead atoms. The van der Waals surface area contributed by atoms with Gasteiger partial charge in [-0.3, -0.25) is 4.90 Å². The predicted octanol–water partition coefficient (Wildman–Crippen LogP) is 3.68. The number of hydrogen-bond donors (Lipinski definition) is 2. The van der Waals surface area contributed by atoms with Crippen LogP contribution in [0.25, 0.3) is 0 Å². The number of hydrogen-bond acceptors (Lipinski definition) is 3. The van der Waals surface area contributed by atoms with E-state index in [0.29, 0.717) is 5.75 Å². The lowest BCUT2D eigenvalue weighted by molar-refractivity contribution is 0.169. The first kappa shape index (κ1) is 16.5. The second-order valence-corrected chi connectivity index (χ2v) is 6.82. The van der Waals surface area contributed by atoms with Crippen LogP contribution in [0.4, 0.5) is 0 Å². The van der Waals surface area contributed by atoms with Gasteiger partial charge in [0.25, 0.3) is 0 Å². The Bertz CT molecular complexity index is 536. The van der Waals surface area contributed by atoms with Crippen LogP contribution in [0.15, 0.2) is 22.7 Å². The maximum Gasteiger partial charge on any atom is 0.120 e. The highest BCUT2D eigenvalue weighted by atomic mass is 79.9. The number of nitrogens with zero attached hydrogens (tertiary/aromatic N) is 1. The van der Waals surface area contributed by atoms with Crippen molar-refractivity contribution < 1.29 is 5.11 Å². The number of halogens is 1. The molecule has 2 rings (SSSR count). The second kappa shape index (κ2) is 6.95. The van der Waals surface area contributed by atoms with Crippen LogP contribution < -0.4 is 5.32 Å². The lowest BCUT2D eigenvalue weighted by atomic mass is 9.92. The van der Waals surface area contributed by atoms with Gasteiger partial charge < -0.3 is 10.4 Å². The van der Waals surface area contributed by atoms with E-state index in [1.807, 2.05) is 13.0 Å². The number of aryl methyl sites for hydroxylation is 1. The summed E-state index contributed by atoms with van der Waals surface area (Å²) in [4.78, 5) is 2.45. The third kappa shape index (κ3) is 3.68. The number of phenolic OH excluding ortho intramolecular Hbond substituents is 1. The molecule has 1 aliphatic heterocycles. The fourth-order valence-electron chi connectivity index (χ4n) is 3.11. The van der Waals surface area contributed by atoms with Crippen LogP contribution in [0.3, 0.4) is 0 Å². The lowest BCUT2D eigenvalue weighted by Gasteiger charge is -2.36. The van der Waals surface area contributed by atoms with Crippen LogP contribution in [-0.4, -0.2) is 36.2 Å². The highest BCUT2D eigenvalue weighted by molar-refractivity contribution is 9.10. The van der Waals surface area contributed by atoms with Gasteiger partial charge in [0, 0.05) is 42.3 Å². The van der Waals surface area contributed by atoms with Crippen molar-refractivity contribution in [3.63, 3.8) is 0 Å². The maximum atomic E-state index is 10.5. The number of piperazine rings is 1. The van der Waals surface area contributed by atoms with Gasteiger partial charge in [-0.15, -0.1) is 6.58 Å². The topological polar surface area (TPSA) is 35.5 Å². The molecule has 3 nitrogen and oxygen atoms in total. The van der Waals surface area contributed by atoms with Crippen LogP contribution in [-0.2, 0) is 0 Å². The largest absolute Gasteiger partial charge is 0.508 e. The minimum atomic E-state index is 0.196. The van der Waals surface area contributed by atoms with Gasteiger partial charge >= 0.3 is 0 Å². The maximum absolute atomic E-state index is 10.5. The Morgan fingerprint density at radius 3 is 2.62 bits per heavy atom. The average molecular weight is 353 g/mol. The van der Waals surface area contributed by atoms with E-state index < -0.39 is 0 Å². The van der Waals surface area contributed by atoms with Gasteiger partial charge in [-0.25, -0.2) is 0 Å². The zero-order chi connectivity index (χ0) is 15.6. The summed E-state index contributed by atoms with van der Waals surface area (Å²) in [6, 6.07) is 2.06. The molecule has 0 aliphatic carbocycles. The summed E-state index contributed by atoms with van der Waals surface area (Å²) < 4.78 is 1.09. The van der Waals surface area contributed by atoms with Gasteiger partial charge in [0.2, 0.25) is 0 Å². The first-order valence-corrected chi connectivity index (χ1v) is 8.28. The predicted molar refractivity (Wildman–Crippen MR) is 91.9 cm³/mol. The quantitative estimate of drug-likeness (QED) is 0.811. The molecule has 1 atom stereocenters. The summed E-state index contributed by atoms with van der Waals surface area (Å²) in [6.07, 6.45) is 0.879. The fraction of sp³-hybridized carbons (Fsp3) is 0.529. The molecule has 0 spiro atoms. The summed E-state index contributed by atoms with van der Waals surface area (Å²) in [6.45, 7) is 14.2. The number of benzene rings is 1. The van der Waals surface area contributed by atoms with Crippen molar-refractivity contribution in [2.45, 2.75) is 33.2 Å². The molecule has 1 saturated heterocycles. The minimum absolute atomic E-state index is 0.196. The Kier molecular flexibility index (Phi) is 5.47. The molecule has 21 heavy (non-hydrogen) atoms. The van der Waals surface area contributed by atoms with Gasteiger partial charge in [-0.1, -0.05) is 21.5 Å². The number of rotatable bonds is 4. The van der Waals surface area contributed by atoms with E-state index in [-0.39, 0.29) is 6.04 Å². The van der Waals surface area contributed by atoms with Gasteiger partial charge in [-0.2, -0.15) is 0 Å². The van der Waals surface area contributed by atoms with Gasteiger partial charge in [-0.05, 0) is 44.4 Å². The summed E-state index contributed by atoms with van der Waals surface area (Å²) in [5, 5.41) is 13.9. The fourth-order valence-corrected chi connectivity index (χ4v) is 3.44. The van der Waals surface area contributed by atoms with Crippen molar-refractivity contribution in [2.24, 2.45) is 0 Å². The normalized spacial score (nSPS) is 17.7. The van der Waals surface area contributed by atoms with E-state index >= 15 is 0 Å². The molecule has 0 amide bonds. The Labute approximate surface area is 136 Å². The van der Waals surface area contributed by atoms with Crippen molar-refractivity contribution in [3.05, 3.63) is 39.4 Å². The number of nitrogens with one attached hydrogen (secondary N) is 1. The van der Waals surface area contributed by atoms with Gasteiger partial charge in [0.05, 0.1) is 0 Å². The van der Waals surface area contributed by atoms with Gasteiger partial charge in [0.15, 0.2) is 0 Å². The molecular weight excluding hydrogens is 328 g/mol. The van der Waals surface area contributed by atoms with Crippen LogP contribution in [0.2, 0.25) is 0 Å². The lowest BCUT2D eigenvalue weighted by Crippen LogP contribution is -2.45. The molecule has 0 saturated carbocycles. The van der Waals surface area contributed by atoms with Crippen LogP contribution in [0, 0.1) is 13.8 Å². The van der Waals surface area contributed by atoms with Crippen molar-refractivity contribution >= 4 is 15.9 Å². The van der Waals surface area contributed by atoms with E-state index in [0.717, 1.165) is 59.3 Å². The van der Waals surface area contributed by atoms with Crippen LogP contribution >= 0.6 is 15.9 Å². The van der Waals surface area contributed by atoms with E-state index in [1.165, 1.54) is 0 Å². The summed E-state index contributed by atoms with van der Waals surface area (Å²) in [7, 11) is 0. The van der Waals surface area contributed by atoms with Crippen molar-refractivity contribution in [1.29, 1.82) is 0 Å². The first-order chi connectivity index (χ1) is 9.91. The Balaban J connectivity index is 2.45. The first-order valence-electron chi connectivity index (χ1n) is 7.49. The average Bonchev–Trinajstić information content (AvgIpc) is 2.44. The third-order valence-corrected chi connectivity index (χ3v) is 5.40. The number of aromatic hydroxyl groups is 1. The molecule has 1 heterocycles. The molecule has 1 aromatic rings. The molecule has 1 aliphatic rings. The highest BCUT2D eigenvalue weighted by Crippen LogP contribution is 2.40. The zero-order valence-corrected chi connectivity index (χ0v) is 14.8. The SMILES string of the molecule is C=C(C)C[C@@H](c1c(O)cc(C)c(Br)c1C)N1CCNCC1. The summed E-state index contributed by atoms with van der Waals surface area (Å²) in [5.41, 5.74) is 4.40. The number of phenols is 1. The molecule has 116 valence electrons. The molecule has 0 unspecified atom stereocenters. The zero-order valence-electron chi connectivity index (χ0n) is 13.2. The van der Waals surface area contributed by atoms with Crippen molar-refractivity contribution in [3.8, 4) is 5.75 Å². The Morgan fingerprint density at radius 2 is 2.05 bits per heavy atom. The second-order valence-electron chi connectivity index (χ2n) is 6.03. The minimum Gasteiger partial charge on any atom is -0.508 e. The highest BCUT2D eigenvalue weighted by Gasteiger charge is 2.27. The van der Waals surface area contributed by atoms with Gasteiger partial charge in [0.1, 0.15) is 5.75 Å². The van der Waals surface area contributed by atoms with E-state index in [2.05, 4.69) is 46.6 Å². The molecule has 1 aromatic carbocycles. The van der Waals surface area contributed by atoms with Crippen LogP contribution in [0.1, 0.15) is 36.1 Å². The third-order valence-electron chi connectivity index (χ3n) is 4.18. The monoisotopic (exact) mass is 352 g/mol. The standard InChI is InChI=1S/C17H25BrN2O/c1-11(2)9-14(20-7-5-19-6-8-20)16-13(4)17(18)12(3)10-15(16)21/h10,14,19,21H,1,5-9H2,2-4H3/t14-/m0/s1. The Morgan fingerprint density at radius 1 is 1.43 bits per heavy atom. The van der Waals surface area contributed by atoms with E-state index in [1.54, 1.807) is 0 Å². The molecule has 1 fully saturated rings. The van der Waals surface area contributed by atoms with Crippen molar-refractivity contribution in [2.75, 3.05) is 26.2 Å². The summed E-state index contributed by atoms with van der Waals surface area (Å²) >= 11 is 3.66. The summed E-state index contributed by atoms with van der Waals surface area (Å²) in [5.74, 6) is 0.401. The Hall–Kier alpha value is -0.840. The molecule has 0 aromatic heterocycles. The van der Waals surface area contributed by atoms with Crippen LogP contribution in [0.5, 0.6) is 5.75 Å². The molecule has 4 heteroatoms. The molecule has 0 radical (unpaired) electrons. The van der Waals surface area contributed by atoms with E-state index in [4.69, 9.17) is 0 Å².